The number of hydrogen-bond acceptors (Lipinski definition) is 24. The number of esters is 1. The van der Waals surface area contributed by atoms with E-state index in [1.165, 1.54) is 11.6 Å². The van der Waals surface area contributed by atoms with Gasteiger partial charge in [-0.15, -0.1) is 0 Å². The Morgan fingerprint density at radius 3 is 1.64 bits per heavy atom. The van der Waals surface area contributed by atoms with Crippen molar-refractivity contribution < 1.29 is 124 Å². The summed E-state index contributed by atoms with van der Waals surface area (Å²) in [6.45, 7) is 12.0. The van der Waals surface area contributed by atoms with Gasteiger partial charge in [0.1, 0.15) is 104 Å². The van der Waals surface area contributed by atoms with E-state index in [0.29, 0.717) is 32.1 Å². The first kappa shape index (κ1) is 67.7. The first-order chi connectivity index (χ1) is 41.5. The van der Waals surface area contributed by atoms with E-state index in [4.69, 9.17) is 42.6 Å². The van der Waals surface area contributed by atoms with Gasteiger partial charge in [0.2, 0.25) is 0 Å². The molecule has 88 heavy (non-hydrogen) atoms. The molecule has 4 saturated heterocycles. The van der Waals surface area contributed by atoms with Gasteiger partial charge in [-0.25, -0.2) is 4.79 Å². The van der Waals surface area contributed by atoms with Crippen molar-refractivity contribution in [2.24, 2.45) is 50.2 Å². The number of hydrogen-bond donors (Lipinski definition) is 14. The number of fused-ring (bicyclic) bond motifs is 7. The maximum Gasteiger partial charge on any atom is 0.331 e. The molecule has 10 rings (SSSR count). The summed E-state index contributed by atoms with van der Waals surface area (Å²) in [5.41, 5.74) is -1.14. The van der Waals surface area contributed by atoms with Crippen LogP contribution in [0, 0.1) is 50.2 Å². The van der Waals surface area contributed by atoms with Gasteiger partial charge in [-0.2, -0.15) is 0 Å². The lowest BCUT2D eigenvalue weighted by molar-refractivity contribution is -0.401. The molecule has 496 valence electrons. The summed E-state index contributed by atoms with van der Waals surface area (Å²) in [6.07, 6.45) is -26.9. The Labute approximate surface area is 511 Å². The predicted molar refractivity (Wildman–Crippen MR) is 304 cm³/mol. The van der Waals surface area contributed by atoms with Crippen molar-refractivity contribution in [3.05, 3.63) is 53.6 Å². The first-order valence-electron chi connectivity index (χ1n) is 31.1. The second-order valence-electron chi connectivity index (χ2n) is 28.5. The van der Waals surface area contributed by atoms with Gasteiger partial charge in [0, 0.05) is 17.9 Å². The summed E-state index contributed by atoms with van der Waals surface area (Å²) in [5.74, 6) is -1.47. The van der Waals surface area contributed by atoms with Crippen molar-refractivity contribution in [1.82, 2.24) is 0 Å². The molecule has 25 nitrogen and oxygen atoms in total. The lowest BCUT2D eigenvalue weighted by atomic mass is 9.33. The van der Waals surface area contributed by atoms with Gasteiger partial charge in [-0.1, -0.05) is 90.4 Å². The largest absolute Gasteiger partial charge is 0.481 e. The zero-order chi connectivity index (χ0) is 64.0. The fraction of sp³-hybridized carbons (Fsp3) is 0.810. The van der Waals surface area contributed by atoms with Crippen LogP contribution < -0.4 is 0 Å². The van der Waals surface area contributed by atoms with Crippen LogP contribution in [-0.4, -0.2) is 245 Å². The van der Waals surface area contributed by atoms with Crippen molar-refractivity contribution in [2.75, 3.05) is 26.4 Å². The van der Waals surface area contributed by atoms with Crippen LogP contribution in [0.3, 0.4) is 0 Å². The molecule has 1 aromatic carbocycles. The van der Waals surface area contributed by atoms with Gasteiger partial charge in [0.05, 0.1) is 37.9 Å². The van der Waals surface area contributed by atoms with Crippen LogP contribution >= 0.6 is 0 Å². The second kappa shape index (κ2) is 25.6. The predicted octanol–water partition coefficient (Wildman–Crippen LogP) is -0.234. The zero-order valence-corrected chi connectivity index (χ0v) is 51.0. The summed E-state index contributed by atoms with van der Waals surface area (Å²) in [4.78, 5) is 27.2. The minimum atomic E-state index is -2.11. The molecule has 0 bridgehead atoms. The summed E-state index contributed by atoms with van der Waals surface area (Å²) in [5, 5.41) is 153. The molecule has 5 aliphatic carbocycles. The molecule has 0 spiro atoms. The van der Waals surface area contributed by atoms with E-state index in [-0.39, 0.29) is 40.4 Å². The van der Waals surface area contributed by atoms with Gasteiger partial charge in [-0.05, 0) is 102 Å². The molecule has 0 radical (unpaired) electrons. The van der Waals surface area contributed by atoms with Crippen LogP contribution in [0.1, 0.15) is 112 Å². The Morgan fingerprint density at radius 2 is 1.07 bits per heavy atom. The van der Waals surface area contributed by atoms with E-state index in [9.17, 15) is 81.1 Å². The van der Waals surface area contributed by atoms with E-state index < -0.39 is 190 Å². The smallest absolute Gasteiger partial charge is 0.331 e. The van der Waals surface area contributed by atoms with Crippen LogP contribution in [0.4, 0.5) is 0 Å². The highest BCUT2D eigenvalue weighted by Gasteiger charge is 2.71. The van der Waals surface area contributed by atoms with E-state index >= 15 is 0 Å². The lowest BCUT2D eigenvalue weighted by Gasteiger charge is -2.71. The number of rotatable bonds is 16. The van der Waals surface area contributed by atoms with E-state index in [1.807, 2.05) is 30.3 Å². The van der Waals surface area contributed by atoms with Crippen molar-refractivity contribution in [3.8, 4) is 0 Å². The molecular weight excluding hydrogens is 1160 g/mol. The van der Waals surface area contributed by atoms with Gasteiger partial charge < -0.3 is 114 Å². The highest BCUT2D eigenvalue weighted by Crippen LogP contribution is 2.76. The Kier molecular flexibility index (Phi) is 19.7. The van der Waals surface area contributed by atoms with E-state index in [1.54, 1.807) is 6.08 Å². The average molecular weight is 1250 g/mol. The Hall–Kier alpha value is -3.20. The Morgan fingerprint density at radius 1 is 0.545 bits per heavy atom. The molecule has 14 N–H and O–H groups in total. The highest BCUT2D eigenvalue weighted by molar-refractivity contribution is 5.87. The normalized spacial score (nSPS) is 49.1. The fourth-order valence-electron chi connectivity index (χ4n) is 17.7. The van der Waals surface area contributed by atoms with Crippen molar-refractivity contribution in [1.29, 1.82) is 0 Å². The zero-order valence-electron chi connectivity index (χ0n) is 51.0. The average Bonchev–Trinajstić information content (AvgIpc) is 0.678. The SMILES string of the molecule is CC1(C)CC2C3=CCC4C5(C)CCC(OC6OC(CO)C(O)C(O)C6OC6OC(CO)C(O)C(OC7OC(CO)C(O)C(O)C7OC7OC(CO)C(O)C(O)C7O)C6O)C(C)(C)C5CCC4(C)C3(C)CCC2(C(=O)O)CC1OC(=O)C=Cc1ccccc1. The molecule has 9 aliphatic rings. The van der Waals surface area contributed by atoms with Crippen molar-refractivity contribution in [3.63, 3.8) is 0 Å². The monoisotopic (exact) mass is 1250 g/mol. The third kappa shape index (κ3) is 11.6. The molecule has 4 saturated carbocycles. The van der Waals surface area contributed by atoms with Crippen LogP contribution in [0.15, 0.2) is 48.1 Å². The van der Waals surface area contributed by atoms with Crippen molar-refractivity contribution in [2.45, 2.75) is 241 Å². The topological polar surface area (TPSA) is 400 Å². The minimum absolute atomic E-state index is 0.0398. The fourth-order valence-corrected chi connectivity index (χ4v) is 17.7. The molecule has 1 aromatic rings. The standard InChI is InChI=1S/C63H94O25/c1-58(2)23-31-30-14-15-37-60(5)19-18-38(59(3,4)36(60)17-20-62(37,7)61(30,6)21-22-63(31,57(78)79)24-39(58)84-40(68)16-13-29-11-9-8-10-12-29)85-55-51(46(74)42(70)33(26-65)82-55)88-54-49(77)50(44(72)35(28-67)81-54)86-56-52(47(75)43(71)34(27-66)83-56)87-53-48(76)45(73)41(69)32(25-64)80-53/h8-14,16,31-39,41-56,64-67,69-77H,15,17-28H2,1-7H3,(H,78,79). The molecule has 4 heterocycles. The third-order valence-electron chi connectivity index (χ3n) is 23.1. The number of carboxylic acid groups (broad SMARTS) is 1. The number of aliphatic hydroxyl groups is 13. The lowest BCUT2D eigenvalue weighted by Crippen LogP contribution is -2.68. The molecule has 29 atom stereocenters. The number of allylic oxidation sites excluding steroid dienone is 2. The number of ether oxygens (including phenoxy) is 9. The first-order valence-corrected chi connectivity index (χ1v) is 31.1. The Bertz CT molecular complexity index is 2660. The van der Waals surface area contributed by atoms with Crippen molar-refractivity contribution >= 4 is 18.0 Å². The maximum absolute atomic E-state index is 13.8. The second-order valence-corrected chi connectivity index (χ2v) is 28.5. The molecule has 4 aliphatic heterocycles. The quantitative estimate of drug-likeness (QED) is 0.0440. The van der Waals surface area contributed by atoms with Gasteiger partial charge in [0.25, 0.3) is 0 Å². The molecular formula is C63H94O25. The number of aliphatic hydroxyl groups excluding tert-OH is 13. The maximum atomic E-state index is 13.8. The minimum Gasteiger partial charge on any atom is -0.481 e. The summed E-state index contributed by atoms with van der Waals surface area (Å²) in [6, 6.07) is 9.42. The van der Waals surface area contributed by atoms with Crippen LogP contribution in [-0.2, 0) is 52.2 Å². The van der Waals surface area contributed by atoms with Gasteiger partial charge >= 0.3 is 11.9 Å². The van der Waals surface area contributed by atoms with Crippen LogP contribution in [0.2, 0.25) is 0 Å². The number of carbonyl (C=O) groups is 2. The molecule has 0 aromatic heterocycles. The molecule has 8 fully saturated rings. The third-order valence-corrected chi connectivity index (χ3v) is 23.1. The summed E-state index contributed by atoms with van der Waals surface area (Å²) in [7, 11) is 0. The molecule has 25 heteroatoms. The summed E-state index contributed by atoms with van der Waals surface area (Å²) >= 11 is 0. The van der Waals surface area contributed by atoms with E-state index in [2.05, 4.69) is 54.5 Å². The number of carboxylic acids is 1. The highest BCUT2D eigenvalue weighted by atomic mass is 16.8. The molecule has 29 unspecified atom stereocenters. The van der Waals surface area contributed by atoms with Crippen LogP contribution in [0.5, 0.6) is 0 Å². The van der Waals surface area contributed by atoms with E-state index in [0.717, 1.165) is 24.8 Å². The Balaban J connectivity index is 0.866. The number of benzene rings is 1. The number of aliphatic carboxylic acids is 1. The van der Waals surface area contributed by atoms with Gasteiger partial charge in [0.15, 0.2) is 25.2 Å². The van der Waals surface area contributed by atoms with Crippen LogP contribution in [0.25, 0.3) is 6.08 Å². The molecule has 0 amide bonds. The number of carbonyl (C=O) groups excluding carboxylic acids is 1. The summed E-state index contributed by atoms with van der Waals surface area (Å²) < 4.78 is 54.6. The van der Waals surface area contributed by atoms with Gasteiger partial charge in [-0.3, -0.25) is 4.79 Å².